The zero-order valence-electron chi connectivity index (χ0n) is 11.8. The van der Waals surface area contributed by atoms with E-state index in [9.17, 15) is 14.7 Å². The first-order chi connectivity index (χ1) is 10.1. The molecule has 1 aromatic carbocycles. The second-order valence-electron chi connectivity index (χ2n) is 5.86. The van der Waals surface area contributed by atoms with Crippen molar-refractivity contribution in [3.05, 3.63) is 29.8 Å². The lowest BCUT2D eigenvalue weighted by Crippen LogP contribution is -2.58. The van der Waals surface area contributed by atoms with Crippen LogP contribution in [0.1, 0.15) is 37.7 Å². The van der Waals surface area contributed by atoms with E-state index in [1.54, 1.807) is 0 Å². The quantitative estimate of drug-likeness (QED) is 0.891. The van der Waals surface area contributed by atoms with Gasteiger partial charge in [-0.25, -0.2) is 4.79 Å². The summed E-state index contributed by atoms with van der Waals surface area (Å²) in [7, 11) is 0. The molecule has 0 spiro atoms. The molecule has 2 aliphatic rings. The van der Waals surface area contributed by atoms with Crippen LogP contribution >= 0.6 is 0 Å². The topological polar surface area (TPSA) is 75.6 Å². The van der Waals surface area contributed by atoms with Gasteiger partial charge in [0.1, 0.15) is 11.3 Å². The van der Waals surface area contributed by atoms with Crippen molar-refractivity contribution in [2.24, 2.45) is 0 Å². The molecule has 0 unspecified atom stereocenters. The molecule has 1 amide bonds. The third-order valence-corrected chi connectivity index (χ3v) is 4.42. The molecule has 2 N–H and O–H groups in total. The Morgan fingerprint density at radius 2 is 1.90 bits per heavy atom. The molecule has 21 heavy (non-hydrogen) atoms. The van der Waals surface area contributed by atoms with E-state index < -0.39 is 17.6 Å². The number of amides is 1. The number of carbonyl (C=O) groups is 2. The van der Waals surface area contributed by atoms with Crippen molar-refractivity contribution in [2.75, 3.05) is 0 Å². The van der Waals surface area contributed by atoms with Crippen molar-refractivity contribution in [3.8, 4) is 5.75 Å². The Morgan fingerprint density at radius 3 is 2.57 bits per heavy atom. The third-order valence-electron chi connectivity index (χ3n) is 4.42. The summed E-state index contributed by atoms with van der Waals surface area (Å²) in [6, 6.07) is 7.52. The predicted molar refractivity (Wildman–Crippen MR) is 76.2 cm³/mol. The summed E-state index contributed by atoms with van der Waals surface area (Å²) in [5.41, 5.74) is -0.126. The van der Waals surface area contributed by atoms with E-state index in [-0.39, 0.29) is 5.91 Å². The molecule has 1 heterocycles. The first-order valence-corrected chi connectivity index (χ1v) is 7.41. The minimum absolute atomic E-state index is 0.324. The smallest absolute Gasteiger partial charge is 0.329 e. The molecule has 112 valence electrons. The Morgan fingerprint density at radius 1 is 1.19 bits per heavy atom. The lowest BCUT2D eigenvalue weighted by Gasteiger charge is -2.34. The Bertz CT molecular complexity index is 538. The maximum atomic E-state index is 12.4. The van der Waals surface area contributed by atoms with Crippen LogP contribution in [-0.4, -0.2) is 28.6 Å². The maximum Gasteiger partial charge on any atom is 0.329 e. The monoisotopic (exact) mass is 289 g/mol. The summed E-state index contributed by atoms with van der Waals surface area (Å²) in [6.45, 7) is 0. The van der Waals surface area contributed by atoms with Crippen LogP contribution < -0.4 is 10.1 Å². The third kappa shape index (κ3) is 2.60. The summed E-state index contributed by atoms with van der Waals surface area (Å²) in [4.78, 5) is 24.0. The molecule has 0 aromatic heterocycles. The molecule has 1 aliphatic heterocycles. The van der Waals surface area contributed by atoms with Crippen molar-refractivity contribution in [3.63, 3.8) is 0 Å². The molecule has 0 saturated heterocycles. The fourth-order valence-electron chi connectivity index (χ4n) is 3.19. The average Bonchev–Trinajstić information content (AvgIpc) is 2.92. The van der Waals surface area contributed by atoms with E-state index in [1.165, 1.54) is 0 Å². The van der Waals surface area contributed by atoms with Crippen molar-refractivity contribution >= 4 is 11.9 Å². The molecule has 1 aliphatic carbocycles. The van der Waals surface area contributed by atoms with Gasteiger partial charge in [0.15, 0.2) is 6.10 Å². The zero-order chi connectivity index (χ0) is 14.9. The van der Waals surface area contributed by atoms with Crippen LogP contribution in [0.2, 0.25) is 0 Å². The van der Waals surface area contributed by atoms with Gasteiger partial charge in [0, 0.05) is 6.42 Å². The lowest BCUT2D eigenvalue weighted by atomic mass is 9.81. The van der Waals surface area contributed by atoms with Gasteiger partial charge < -0.3 is 15.2 Å². The molecule has 1 atom stereocenters. The Kier molecular flexibility index (Phi) is 3.57. The predicted octanol–water partition coefficient (Wildman–Crippen LogP) is 1.89. The minimum Gasteiger partial charge on any atom is -0.480 e. The number of para-hydroxylation sites is 1. The Hall–Kier alpha value is -2.04. The number of ether oxygens (including phenoxy) is 1. The van der Waals surface area contributed by atoms with Crippen molar-refractivity contribution in [2.45, 2.75) is 50.2 Å². The summed E-state index contributed by atoms with van der Waals surface area (Å²) < 4.78 is 5.63. The lowest BCUT2D eigenvalue weighted by molar-refractivity contribution is -0.150. The minimum atomic E-state index is -1.12. The fourth-order valence-corrected chi connectivity index (χ4v) is 3.19. The molecule has 0 bridgehead atoms. The highest BCUT2D eigenvalue weighted by atomic mass is 16.5. The Labute approximate surface area is 123 Å². The average molecular weight is 289 g/mol. The number of rotatable bonds is 3. The van der Waals surface area contributed by atoms with Crippen molar-refractivity contribution < 1.29 is 19.4 Å². The second-order valence-corrected chi connectivity index (χ2v) is 5.86. The van der Waals surface area contributed by atoms with Gasteiger partial charge in [-0.05, 0) is 24.5 Å². The van der Waals surface area contributed by atoms with E-state index in [0.29, 0.717) is 25.0 Å². The van der Waals surface area contributed by atoms with Gasteiger partial charge in [-0.15, -0.1) is 0 Å². The molecule has 1 saturated carbocycles. The summed E-state index contributed by atoms with van der Waals surface area (Å²) >= 11 is 0. The van der Waals surface area contributed by atoms with E-state index in [2.05, 4.69) is 5.32 Å². The van der Waals surface area contributed by atoms with Crippen LogP contribution in [0, 0.1) is 0 Å². The van der Waals surface area contributed by atoms with Gasteiger partial charge in [0.25, 0.3) is 5.91 Å². The first kappa shape index (κ1) is 13.9. The number of aliphatic carboxylic acids is 1. The van der Waals surface area contributed by atoms with Crippen molar-refractivity contribution in [1.29, 1.82) is 0 Å². The highest BCUT2D eigenvalue weighted by Crippen LogP contribution is 2.31. The number of benzene rings is 1. The van der Waals surface area contributed by atoms with E-state index in [4.69, 9.17) is 4.74 Å². The first-order valence-electron chi connectivity index (χ1n) is 7.41. The van der Waals surface area contributed by atoms with E-state index in [0.717, 1.165) is 24.8 Å². The number of hydrogen-bond acceptors (Lipinski definition) is 3. The van der Waals surface area contributed by atoms with E-state index >= 15 is 0 Å². The molecule has 5 heteroatoms. The van der Waals surface area contributed by atoms with Gasteiger partial charge in [-0.2, -0.15) is 0 Å². The molecule has 1 aromatic rings. The number of fused-ring (bicyclic) bond motifs is 1. The molecular weight excluding hydrogens is 270 g/mol. The molecule has 3 rings (SSSR count). The molecular formula is C16H19NO4. The zero-order valence-corrected chi connectivity index (χ0v) is 11.8. The van der Waals surface area contributed by atoms with Gasteiger partial charge in [0.05, 0.1) is 0 Å². The van der Waals surface area contributed by atoms with Gasteiger partial charge >= 0.3 is 5.97 Å². The van der Waals surface area contributed by atoms with Crippen LogP contribution in [0.4, 0.5) is 0 Å². The summed E-state index contributed by atoms with van der Waals surface area (Å²) in [6.07, 6.45) is 3.55. The van der Waals surface area contributed by atoms with Crippen LogP contribution in [0.25, 0.3) is 0 Å². The summed E-state index contributed by atoms with van der Waals surface area (Å²) in [5.74, 6) is -0.549. The fraction of sp³-hybridized carbons (Fsp3) is 0.500. The molecule has 5 nitrogen and oxygen atoms in total. The van der Waals surface area contributed by atoms with Crippen LogP contribution in [0.15, 0.2) is 24.3 Å². The number of carboxylic acids is 1. The second kappa shape index (κ2) is 5.39. The highest BCUT2D eigenvalue weighted by molar-refractivity contribution is 5.90. The normalized spacial score (nSPS) is 23.0. The largest absolute Gasteiger partial charge is 0.480 e. The molecule has 0 radical (unpaired) electrons. The number of carbonyl (C=O) groups excluding carboxylic acids is 1. The Balaban J connectivity index is 1.70. The maximum absolute atomic E-state index is 12.4. The van der Waals surface area contributed by atoms with Crippen LogP contribution in [0.3, 0.4) is 0 Å². The van der Waals surface area contributed by atoms with Crippen LogP contribution in [0.5, 0.6) is 5.75 Å². The number of nitrogens with one attached hydrogen (secondary N) is 1. The van der Waals surface area contributed by atoms with E-state index in [1.807, 2.05) is 24.3 Å². The SMILES string of the molecule is O=C(NC1(C(=O)O)CCCCC1)[C@H]1Cc2ccccc2O1. The summed E-state index contributed by atoms with van der Waals surface area (Å²) in [5, 5.41) is 12.2. The van der Waals surface area contributed by atoms with Gasteiger partial charge in [-0.3, -0.25) is 4.79 Å². The standard InChI is InChI=1S/C16H19NO4/c18-14(13-10-11-6-2-3-7-12(11)21-13)17-16(15(19)20)8-4-1-5-9-16/h2-3,6-7,13H,1,4-5,8-10H2,(H,17,18)(H,19,20)/t13-/m1/s1. The number of hydrogen-bond donors (Lipinski definition) is 2. The van der Waals surface area contributed by atoms with Crippen LogP contribution in [-0.2, 0) is 16.0 Å². The van der Waals surface area contributed by atoms with Crippen molar-refractivity contribution in [1.82, 2.24) is 5.32 Å². The highest BCUT2D eigenvalue weighted by Gasteiger charge is 2.43. The van der Waals surface area contributed by atoms with Gasteiger partial charge in [0.2, 0.25) is 0 Å². The number of carboxylic acid groups (broad SMARTS) is 1. The van der Waals surface area contributed by atoms with Gasteiger partial charge in [-0.1, -0.05) is 37.5 Å². The molecule has 1 fully saturated rings.